The van der Waals surface area contributed by atoms with E-state index in [-0.39, 0.29) is 6.61 Å². The first-order valence-electron chi connectivity index (χ1n) is 3.38. The summed E-state index contributed by atoms with van der Waals surface area (Å²) in [7, 11) is 0. The first kappa shape index (κ1) is 9.40. The monoisotopic (exact) mass is 142 g/mol. The van der Waals surface area contributed by atoms with Crippen LogP contribution in [0.15, 0.2) is 24.3 Å². The first-order chi connectivity index (χ1) is 4.81. The molecule has 0 radical (unpaired) electrons. The van der Waals surface area contributed by atoms with Crippen LogP contribution in [0.3, 0.4) is 0 Å². The number of hydrogen-bond acceptors (Lipinski definition) is 2. The molecule has 58 valence electrons. The SMILES string of the molecule is CC=CC=CCC(O)CO. The van der Waals surface area contributed by atoms with Crippen molar-refractivity contribution >= 4 is 0 Å². The Bertz CT molecular complexity index is 116. The zero-order chi connectivity index (χ0) is 7.82. The molecule has 0 aromatic carbocycles. The van der Waals surface area contributed by atoms with Crippen molar-refractivity contribution in [2.45, 2.75) is 19.4 Å². The van der Waals surface area contributed by atoms with Crippen LogP contribution >= 0.6 is 0 Å². The molecule has 2 N–H and O–H groups in total. The van der Waals surface area contributed by atoms with Crippen LogP contribution in [0.4, 0.5) is 0 Å². The quantitative estimate of drug-likeness (QED) is 0.571. The molecule has 0 rings (SSSR count). The summed E-state index contributed by atoms with van der Waals surface area (Å²) in [6.45, 7) is 1.76. The highest BCUT2D eigenvalue weighted by molar-refractivity contribution is 5.01. The fraction of sp³-hybridized carbons (Fsp3) is 0.500. The maximum Gasteiger partial charge on any atom is 0.0805 e. The van der Waals surface area contributed by atoms with Gasteiger partial charge in [0.25, 0.3) is 0 Å². The van der Waals surface area contributed by atoms with Crippen LogP contribution in [0.2, 0.25) is 0 Å². The normalized spacial score (nSPS) is 15.1. The summed E-state index contributed by atoms with van der Waals surface area (Å²) in [6.07, 6.45) is 7.36. The van der Waals surface area contributed by atoms with Gasteiger partial charge in [0, 0.05) is 0 Å². The minimum Gasteiger partial charge on any atom is -0.394 e. The molecule has 10 heavy (non-hydrogen) atoms. The summed E-state index contributed by atoms with van der Waals surface area (Å²) in [4.78, 5) is 0. The third-order valence-corrected chi connectivity index (χ3v) is 1.06. The zero-order valence-corrected chi connectivity index (χ0v) is 6.20. The van der Waals surface area contributed by atoms with Crippen LogP contribution in [0.25, 0.3) is 0 Å². The van der Waals surface area contributed by atoms with E-state index in [4.69, 9.17) is 10.2 Å². The van der Waals surface area contributed by atoms with E-state index < -0.39 is 6.10 Å². The Kier molecular flexibility index (Phi) is 6.13. The van der Waals surface area contributed by atoms with Gasteiger partial charge in [0.2, 0.25) is 0 Å². The summed E-state index contributed by atoms with van der Waals surface area (Å²) in [5.41, 5.74) is 0. The van der Waals surface area contributed by atoms with Crippen molar-refractivity contribution in [1.82, 2.24) is 0 Å². The van der Waals surface area contributed by atoms with Gasteiger partial charge in [-0.05, 0) is 13.3 Å². The van der Waals surface area contributed by atoms with E-state index in [0.717, 1.165) is 0 Å². The second kappa shape index (κ2) is 6.52. The Balaban J connectivity index is 3.33. The first-order valence-corrected chi connectivity index (χ1v) is 3.38. The molecule has 0 aliphatic rings. The molecule has 2 heteroatoms. The van der Waals surface area contributed by atoms with Crippen molar-refractivity contribution in [1.29, 1.82) is 0 Å². The van der Waals surface area contributed by atoms with Gasteiger partial charge < -0.3 is 10.2 Å². The standard InChI is InChI=1S/C8H14O2/c1-2-3-4-5-6-8(10)7-9/h2-5,8-10H,6-7H2,1H3. The minimum absolute atomic E-state index is 0.166. The molecular weight excluding hydrogens is 128 g/mol. The van der Waals surface area contributed by atoms with Crippen LogP contribution < -0.4 is 0 Å². The van der Waals surface area contributed by atoms with E-state index in [9.17, 15) is 0 Å². The lowest BCUT2D eigenvalue weighted by atomic mass is 10.2. The van der Waals surface area contributed by atoms with Gasteiger partial charge in [0.05, 0.1) is 12.7 Å². The van der Waals surface area contributed by atoms with Crippen LogP contribution in [-0.2, 0) is 0 Å². The van der Waals surface area contributed by atoms with Gasteiger partial charge in [-0.2, -0.15) is 0 Å². The lowest BCUT2D eigenvalue weighted by molar-refractivity contribution is 0.0976. The van der Waals surface area contributed by atoms with Crippen molar-refractivity contribution in [2.75, 3.05) is 6.61 Å². The molecule has 0 aromatic rings. The Hall–Kier alpha value is -0.600. The van der Waals surface area contributed by atoms with E-state index in [1.807, 2.05) is 31.2 Å². The minimum atomic E-state index is -0.610. The molecule has 0 aromatic heterocycles. The summed E-state index contributed by atoms with van der Waals surface area (Å²) >= 11 is 0. The van der Waals surface area contributed by atoms with E-state index in [2.05, 4.69) is 0 Å². The number of aliphatic hydroxyl groups is 2. The van der Waals surface area contributed by atoms with Crippen LogP contribution in [-0.4, -0.2) is 22.9 Å². The maximum atomic E-state index is 8.83. The van der Waals surface area contributed by atoms with Crippen molar-refractivity contribution < 1.29 is 10.2 Å². The molecule has 0 saturated heterocycles. The maximum absolute atomic E-state index is 8.83. The third-order valence-electron chi connectivity index (χ3n) is 1.06. The van der Waals surface area contributed by atoms with Crippen LogP contribution in [0.1, 0.15) is 13.3 Å². The third kappa shape index (κ3) is 5.54. The Morgan fingerprint density at radius 2 is 2.10 bits per heavy atom. The summed E-state index contributed by atoms with van der Waals surface area (Å²) in [6, 6.07) is 0. The summed E-state index contributed by atoms with van der Waals surface area (Å²) in [5.74, 6) is 0. The fourth-order valence-corrected chi connectivity index (χ4v) is 0.500. The van der Waals surface area contributed by atoms with Gasteiger partial charge in [0.15, 0.2) is 0 Å². The summed E-state index contributed by atoms with van der Waals surface area (Å²) < 4.78 is 0. The van der Waals surface area contributed by atoms with Gasteiger partial charge in [0.1, 0.15) is 0 Å². The van der Waals surface area contributed by atoms with Crippen molar-refractivity contribution in [3.8, 4) is 0 Å². The average molecular weight is 142 g/mol. The average Bonchev–Trinajstić information content (AvgIpc) is 1.98. The Morgan fingerprint density at radius 3 is 2.60 bits per heavy atom. The number of allylic oxidation sites excluding steroid dienone is 3. The number of hydrogen-bond donors (Lipinski definition) is 2. The molecule has 1 unspecified atom stereocenters. The molecular formula is C8H14O2. The van der Waals surface area contributed by atoms with Crippen LogP contribution in [0.5, 0.6) is 0 Å². The zero-order valence-electron chi connectivity index (χ0n) is 6.20. The number of aliphatic hydroxyl groups excluding tert-OH is 2. The number of rotatable bonds is 4. The van der Waals surface area contributed by atoms with Gasteiger partial charge in [-0.15, -0.1) is 0 Å². The van der Waals surface area contributed by atoms with Crippen LogP contribution in [0, 0.1) is 0 Å². The highest BCUT2D eigenvalue weighted by atomic mass is 16.3. The molecule has 0 heterocycles. The Morgan fingerprint density at radius 1 is 1.40 bits per heavy atom. The molecule has 1 atom stereocenters. The predicted octanol–water partition coefficient (Wildman–Crippen LogP) is 0.862. The van der Waals surface area contributed by atoms with E-state index in [0.29, 0.717) is 6.42 Å². The van der Waals surface area contributed by atoms with E-state index in [1.54, 1.807) is 0 Å². The smallest absolute Gasteiger partial charge is 0.0805 e. The van der Waals surface area contributed by atoms with Gasteiger partial charge in [-0.1, -0.05) is 24.3 Å². The van der Waals surface area contributed by atoms with Gasteiger partial charge >= 0.3 is 0 Å². The van der Waals surface area contributed by atoms with E-state index >= 15 is 0 Å². The van der Waals surface area contributed by atoms with Gasteiger partial charge in [-0.25, -0.2) is 0 Å². The second-order valence-electron chi connectivity index (χ2n) is 2.03. The van der Waals surface area contributed by atoms with Gasteiger partial charge in [-0.3, -0.25) is 0 Å². The van der Waals surface area contributed by atoms with E-state index in [1.165, 1.54) is 0 Å². The lowest BCUT2D eigenvalue weighted by Gasteiger charge is -1.99. The fourth-order valence-electron chi connectivity index (χ4n) is 0.500. The highest BCUT2D eigenvalue weighted by Gasteiger charge is 1.95. The molecule has 0 amide bonds. The van der Waals surface area contributed by atoms with Crippen molar-refractivity contribution in [3.63, 3.8) is 0 Å². The predicted molar refractivity (Wildman–Crippen MR) is 41.7 cm³/mol. The molecule has 0 bridgehead atoms. The van der Waals surface area contributed by atoms with Crippen molar-refractivity contribution in [3.05, 3.63) is 24.3 Å². The second-order valence-corrected chi connectivity index (χ2v) is 2.03. The molecule has 0 spiro atoms. The molecule has 2 nitrogen and oxygen atoms in total. The summed E-state index contributed by atoms with van der Waals surface area (Å²) in [5, 5.41) is 17.2. The highest BCUT2D eigenvalue weighted by Crippen LogP contribution is 1.91. The van der Waals surface area contributed by atoms with Crippen molar-refractivity contribution in [2.24, 2.45) is 0 Å². The molecule has 0 aliphatic heterocycles. The lowest BCUT2D eigenvalue weighted by Crippen LogP contribution is -2.09. The largest absolute Gasteiger partial charge is 0.394 e. The molecule has 0 fully saturated rings. The molecule has 0 saturated carbocycles. The Labute approximate surface area is 61.5 Å². The molecule has 0 aliphatic carbocycles. The topological polar surface area (TPSA) is 40.5 Å².